The van der Waals surface area contributed by atoms with E-state index in [1.54, 1.807) is 0 Å². The van der Waals surface area contributed by atoms with Gasteiger partial charge in [0.2, 0.25) is 0 Å². The monoisotopic (exact) mass is 198 g/mol. The number of likely N-dealkylation sites (N-methyl/N-ethyl adjacent to an activating group) is 1. The summed E-state index contributed by atoms with van der Waals surface area (Å²) < 4.78 is 5.73. The number of rotatable bonds is 4. The lowest BCUT2D eigenvalue weighted by Crippen LogP contribution is -2.52. The van der Waals surface area contributed by atoms with Crippen molar-refractivity contribution in [3.8, 4) is 0 Å². The largest absolute Gasteiger partial charge is 0.374 e. The molecule has 3 nitrogen and oxygen atoms in total. The van der Waals surface area contributed by atoms with E-state index in [0.29, 0.717) is 6.04 Å². The van der Waals surface area contributed by atoms with E-state index in [1.807, 2.05) is 13.1 Å². The molecule has 0 spiro atoms. The van der Waals surface area contributed by atoms with E-state index in [0.717, 1.165) is 19.7 Å². The summed E-state index contributed by atoms with van der Waals surface area (Å²) in [7, 11) is 1.95. The minimum atomic E-state index is 0.244. The van der Waals surface area contributed by atoms with Crippen molar-refractivity contribution in [3.63, 3.8) is 0 Å². The predicted molar refractivity (Wildman–Crippen MR) is 59.5 cm³/mol. The molecule has 2 unspecified atom stereocenters. The molecule has 2 atom stereocenters. The molecule has 0 aromatic carbocycles. The summed E-state index contributed by atoms with van der Waals surface area (Å²) in [4.78, 5) is 2.45. The minimum Gasteiger partial charge on any atom is -0.374 e. The normalized spacial score (nSPS) is 26.4. The standard InChI is InChI=1S/C11H22N2O/c1-5-10(12-4)11-8-13(9(2)3)6-7-14-11/h5,9-12H,1,6-8H2,2-4H3. The molecule has 3 heteroatoms. The van der Waals surface area contributed by atoms with E-state index in [2.05, 4.69) is 30.6 Å². The summed E-state index contributed by atoms with van der Waals surface area (Å²) in [6, 6.07) is 0.861. The van der Waals surface area contributed by atoms with Gasteiger partial charge in [0.25, 0.3) is 0 Å². The highest BCUT2D eigenvalue weighted by Gasteiger charge is 2.26. The highest BCUT2D eigenvalue weighted by molar-refractivity contribution is 4.94. The molecule has 0 aromatic rings. The van der Waals surface area contributed by atoms with Crippen LogP contribution >= 0.6 is 0 Å². The Bertz CT molecular complexity index is 182. The zero-order valence-corrected chi connectivity index (χ0v) is 9.49. The molecule has 1 heterocycles. The third-order valence-corrected chi connectivity index (χ3v) is 2.84. The molecule has 1 fully saturated rings. The fourth-order valence-corrected chi connectivity index (χ4v) is 1.84. The Morgan fingerprint density at radius 3 is 2.79 bits per heavy atom. The van der Waals surface area contributed by atoms with Gasteiger partial charge in [-0.1, -0.05) is 6.08 Å². The van der Waals surface area contributed by atoms with Crippen LogP contribution in [0.4, 0.5) is 0 Å². The van der Waals surface area contributed by atoms with Gasteiger partial charge in [-0.3, -0.25) is 4.90 Å². The Morgan fingerprint density at radius 2 is 2.29 bits per heavy atom. The summed E-state index contributed by atoms with van der Waals surface area (Å²) >= 11 is 0. The Labute approximate surface area is 87.1 Å². The third kappa shape index (κ3) is 2.80. The smallest absolute Gasteiger partial charge is 0.0890 e. The second-order valence-electron chi connectivity index (χ2n) is 4.05. The lowest BCUT2D eigenvalue weighted by molar-refractivity contribution is -0.0472. The number of nitrogens with zero attached hydrogens (tertiary/aromatic N) is 1. The molecule has 1 aliphatic rings. The molecule has 1 aliphatic heterocycles. The Morgan fingerprint density at radius 1 is 1.57 bits per heavy atom. The summed E-state index contributed by atoms with van der Waals surface area (Å²) in [5, 5.41) is 3.21. The van der Waals surface area contributed by atoms with Crippen molar-refractivity contribution in [2.24, 2.45) is 0 Å². The zero-order valence-electron chi connectivity index (χ0n) is 9.49. The molecule has 0 amide bonds. The molecule has 1 rings (SSSR count). The SMILES string of the molecule is C=CC(NC)C1CN(C(C)C)CCO1. The first kappa shape index (κ1) is 11.7. The second kappa shape index (κ2) is 5.49. The van der Waals surface area contributed by atoms with Crippen molar-refractivity contribution in [2.75, 3.05) is 26.7 Å². The number of hydrogen-bond acceptors (Lipinski definition) is 3. The van der Waals surface area contributed by atoms with E-state index < -0.39 is 0 Å². The Hall–Kier alpha value is -0.380. The Kier molecular flexibility index (Phi) is 4.58. The third-order valence-electron chi connectivity index (χ3n) is 2.84. The molecule has 0 aliphatic carbocycles. The van der Waals surface area contributed by atoms with E-state index in [9.17, 15) is 0 Å². The van der Waals surface area contributed by atoms with Crippen molar-refractivity contribution in [1.82, 2.24) is 10.2 Å². The van der Waals surface area contributed by atoms with E-state index in [1.165, 1.54) is 0 Å². The van der Waals surface area contributed by atoms with Crippen LogP contribution in [0.15, 0.2) is 12.7 Å². The number of morpholine rings is 1. The summed E-state index contributed by atoms with van der Waals surface area (Å²) in [5.41, 5.74) is 0. The van der Waals surface area contributed by atoms with Crippen molar-refractivity contribution in [3.05, 3.63) is 12.7 Å². The van der Waals surface area contributed by atoms with Crippen LogP contribution in [0.3, 0.4) is 0 Å². The van der Waals surface area contributed by atoms with Crippen molar-refractivity contribution >= 4 is 0 Å². The van der Waals surface area contributed by atoms with Crippen molar-refractivity contribution in [2.45, 2.75) is 32.0 Å². The molecule has 1 N–H and O–H groups in total. The van der Waals surface area contributed by atoms with Gasteiger partial charge in [-0.15, -0.1) is 6.58 Å². The fraction of sp³-hybridized carbons (Fsp3) is 0.818. The van der Waals surface area contributed by atoms with Crippen LogP contribution in [-0.2, 0) is 4.74 Å². The van der Waals surface area contributed by atoms with Crippen LogP contribution in [0.1, 0.15) is 13.8 Å². The second-order valence-corrected chi connectivity index (χ2v) is 4.05. The fourth-order valence-electron chi connectivity index (χ4n) is 1.84. The average Bonchev–Trinajstić information content (AvgIpc) is 2.20. The van der Waals surface area contributed by atoms with E-state index in [-0.39, 0.29) is 12.1 Å². The predicted octanol–water partition coefficient (Wildman–Crippen LogP) is 0.870. The van der Waals surface area contributed by atoms with E-state index in [4.69, 9.17) is 4.74 Å². The van der Waals surface area contributed by atoms with Crippen LogP contribution in [0.2, 0.25) is 0 Å². The molecule has 0 radical (unpaired) electrons. The van der Waals surface area contributed by atoms with Crippen LogP contribution in [0.25, 0.3) is 0 Å². The first-order valence-electron chi connectivity index (χ1n) is 5.34. The van der Waals surface area contributed by atoms with Gasteiger partial charge in [-0.25, -0.2) is 0 Å². The highest BCUT2D eigenvalue weighted by Crippen LogP contribution is 2.11. The molecular formula is C11H22N2O. The van der Waals surface area contributed by atoms with Gasteiger partial charge in [-0.2, -0.15) is 0 Å². The number of hydrogen-bond donors (Lipinski definition) is 1. The van der Waals surface area contributed by atoms with Gasteiger partial charge in [0.15, 0.2) is 0 Å². The molecule has 0 aromatic heterocycles. The van der Waals surface area contributed by atoms with Gasteiger partial charge < -0.3 is 10.1 Å². The van der Waals surface area contributed by atoms with Crippen molar-refractivity contribution < 1.29 is 4.74 Å². The van der Waals surface area contributed by atoms with Gasteiger partial charge in [0.1, 0.15) is 0 Å². The molecule has 14 heavy (non-hydrogen) atoms. The topological polar surface area (TPSA) is 24.5 Å². The van der Waals surface area contributed by atoms with Crippen LogP contribution in [0, 0.1) is 0 Å². The Balaban J connectivity index is 2.50. The summed E-state index contributed by atoms with van der Waals surface area (Å²) in [6.07, 6.45) is 2.17. The maximum absolute atomic E-state index is 5.73. The van der Waals surface area contributed by atoms with Crippen molar-refractivity contribution in [1.29, 1.82) is 0 Å². The van der Waals surface area contributed by atoms with Crippen LogP contribution in [0.5, 0.6) is 0 Å². The minimum absolute atomic E-state index is 0.244. The summed E-state index contributed by atoms with van der Waals surface area (Å²) in [6.45, 7) is 11.1. The number of nitrogens with one attached hydrogen (secondary N) is 1. The quantitative estimate of drug-likeness (QED) is 0.678. The zero-order chi connectivity index (χ0) is 10.6. The van der Waals surface area contributed by atoms with Crippen LogP contribution in [-0.4, -0.2) is 49.8 Å². The maximum atomic E-state index is 5.73. The highest BCUT2D eigenvalue weighted by atomic mass is 16.5. The van der Waals surface area contributed by atoms with E-state index >= 15 is 0 Å². The average molecular weight is 198 g/mol. The van der Waals surface area contributed by atoms with Gasteiger partial charge in [0, 0.05) is 19.1 Å². The van der Waals surface area contributed by atoms with Gasteiger partial charge >= 0.3 is 0 Å². The molecular weight excluding hydrogens is 176 g/mol. The maximum Gasteiger partial charge on any atom is 0.0890 e. The number of ether oxygens (including phenoxy) is 1. The summed E-state index contributed by atoms with van der Waals surface area (Å²) in [5.74, 6) is 0. The molecule has 0 saturated carbocycles. The van der Waals surface area contributed by atoms with Gasteiger partial charge in [-0.05, 0) is 20.9 Å². The van der Waals surface area contributed by atoms with Gasteiger partial charge in [0.05, 0.1) is 18.8 Å². The van der Waals surface area contributed by atoms with Crippen LogP contribution < -0.4 is 5.32 Å². The lowest BCUT2D eigenvalue weighted by atomic mass is 10.1. The lowest BCUT2D eigenvalue weighted by Gasteiger charge is -2.38. The first-order valence-corrected chi connectivity index (χ1v) is 5.34. The first-order chi connectivity index (χ1) is 6.69. The molecule has 1 saturated heterocycles. The molecule has 82 valence electrons. The molecule has 0 bridgehead atoms.